The number of amides is 1. The zero-order chi connectivity index (χ0) is 51.7. The Morgan fingerprint density at radius 1 is 0.863 bits per heavy atom. The lowest BCUT2D eigenvalue weighted by molar-refractivity contribution is -0.0927. The number of fused-ring (bicyclic) bond motifs is 1. The van der Waals surface area contributed by atoms with Crippen LogP contribution in [0.1, 0.15) is 67.4 Å². The number of hydrogen-bond donors (Lipinski definition) is 1. The van der Waals surface area contributed by atoms with Gasteiger partial charge in [-0.25, -0.2) is 28.0 Å². The van der Waals surface area contributed by atoms with E-state index in [4.69, 9.17) is 49.9 Å². The largest absolute Gasteiger partial charge is 0.497 e. The molecule has 0 spiro atoms. The highest BCUT2D eigenvalue weighted by molar-refractivity contribution is 7.91. The fourth-order valence-corrected chi connectivity index (χ4v) is 12.2. The van der Waals surface area contributed by atoms with Gasteiger partial charge < -0.3 is 42.9 Å². The van der Waals surface area contributed by atoms with Crippen molar-refractivity contribution in [2.75, 3.05) is 57.3 Å². The molecule has 6 aromatic rings. The fraction of sp³-hybridized carbons (Fsp3) is 0.385. The van der Waals surface area contributed by atoms with E-state index in [0.717, 1.165) is 16.7 Å². The molecular formula is C52H59N8O10PS2. The quantitative estimate of drug-likeness (QED) is 0.0333. The van der Waals surface area contributed by atoms with Crippen molar-refractivity contribution in [2.24, 2.45) is 0 Å². The third-order valence-electron chi connectivity index (χ3n) is 12.5. The number of carbonyl (C=O) groups is 1. The smallest absolute Gasteiger partial charge is 0.259 e. The number of nitrogens with one attached hydrogen (secondary N) is 1. The maximum Gasteiger partial charge on any atom is 0.259 e. The van der Waals surface area contributed by atoms with Crippen LogP contribution < -0.4 is 14.8 Å². The Labute approximate surface area is 432 Å². The number of aromatic nitrogens is 4. The molecule has 2 aromatic heterocycles. The molecule has 5 atom stereocenters. The van der Waals surface area contributed by atoms with Crippen molar-refractivity contribution in [1.29, 1.82) is 5.26 Å². The first kappa shape index (κ1) is 53.2. The number of carbonyl (C=O) groups excluding carboxylic acids is 1. The summed E-state index contributed by atoms with van der Waals surface area (Å²) in [5.41, 5.74) is 2.06. The van der Waals surface area contributed by atoms with Crippen molar-refractivity contribution in [1.82, 2.24) is 29.1 Å². The number of nitrogens with zero attached hydrogens (tertiary/aromatic N) is 7. The molecule has 2 aliphatic heterocycles. The molecule has 0 radical (unpaired) electrons. The maximum absolute atomic E-state index is 13.5. The second kappa shape index (κ2) is 23.8. The van der Waals surface area contributed by atoms with E-state index in [-0.39, 0.29) is 72.8 Å². The minimum absolute atomic E-state index is 0.0351. The number of imidazole rings is 1. The van der Waals surface area contributed by atoms with Gasteiger partial charge in [0.1, 0.15) is 35.6 Å². The van der Waals surface area contributed by atoms with Crippen LogP contribution in [0.5, 0.6) is 11.5 Å². The van der Waals surface area contributed by atoms with Crippen LogP contribution in [0.3, 0.4) is 0 Å². The van der Waals surface area contributed by atoms with Gasteiger partial charge in [-0.15, -0.1) is 0 Å². The van der Waals surface area contributed by atoms with Gasteiger partial charge in [0.25, 0.3) is 19.6 Å². The van der Waals surface area contributed by atoms with Crippen molar-refractivity contribution >= 4 is 58.6 Å². The van der Waals surface area contributed by atoms with E-state index >= 15 is 0 Å². The Hall–Kier alpha value is -6.14. The van der Waals surface area contributed by atoms with E-state index in [1.54, 1.807) is 48.0 Å². The summed E-state index contributed by atoms with van der Waals surface area (Å²) in [6.07, 6.45) is -1.26. The molecular weight excluding hydrogens is 992 g/mol. The summed E-state index contributed by atoms with van der Waals surface area (Å²) in [6, 6.07) is 36.0. The molecule has 1 unspecified atom stereocenters. The van der Waals surface area contributed by atoms with Gasteiger partial charge in [0, 0.05) is 30.7 Å². The number of thiocarbonyl (C=S) groups is 1. The van der Waals surface area contributed by atoms with Gasteiger partial charge in [-0.05, 0) is 93.0 Å². The molecule has 4 aromatic carbocycles. The van der Waals surface area contributed by atoms with E-state index in [9.17, 15) is 18.5 Å². The summed E-state index contributed by atoms with van der Waals surface area (Å²) in [4.78, 5) is 29.0. The summed E-state index contributed by atoms with van der Waals surface area (Å²) >= 11 is 6.04. The van der Waals surface area contributed by atoms with Crippen LogP contribution in [0.4, 0.5) is 5.82 Å². The highest BCUT2D eigenvalue weighted by Crippen LogP contribution is 2.52. The minimum Gasteiger partial charge on any atom is -0.497 e. The van der Waals surface area contributed by atoms with Gasteiger partial charge in [-0.1, -0.05) is 72.8 Å². The highest BCUT2D eigenvalue weighted by atomic mass is 32.2. The van der Waals surface area contributed by atoms with E-state index in [1.165, 1.54) is 12.7 Å². The first-order valence-corrected chi connectivity index (χ1v) is 27.2. The topological polar surface area (TPSA) is 202 Å². The molecule has 8 rings (SSSR count). The van der Waals surface area contributed by atoms with E-state index < -0.39 is 54.4 Å². The minimum atomic E-state index is -3.28. The van der Waals surface area contributed by atoms with Crippen molar-refractivity contribution in [3.63, 3.8) is 0 Å². The van der Waals surface area contributed by atoms with Crippen LogP contribution in [0.15, 0.2) is 122 Å². The second-order valence-electron chi connectivity index (χ2n) is 17.9. The van der Waals surface area contributed by atoms with Crippen LogP contribution in [-0.4, -0.2) is 131 Å². The zero-order valence-electron chi connectivity index (χ0n) is 41.4. The highest BCUT2D eigenvalue weighted by Gasteiger charge is 2.53. The van der Waals surface area contributed by atoms with Gasteiger partial charge in [0.05, 0.1) is 57.8 Å². The average Bonchev–Trinajstić information content (AvgIpc) is 3.98. The number of anilines is 1. The average molecular weight is 1050 g/mol. The SMILES string of the molecule is COc1ccc(C(OC[C@H]2O[C@@H](n3cnc4c(NC(=O)c5ccccc5)ncnc43)[C@H](OC(=S)N3CCS(=O)(=O)CC3)[C@@H]2OP(OCCC#N)N(C(C)C)C(C)C)(c2ccccc2)c2ccc(OC)cc2)cc1. The number of rotatable bonds is 20. The van der Waals surface area contributed by atoms with E-state index in [1.807, 2.05) is 113 Å². The lowest BCUT2D eigenvalue weighted by Crippen LogP contribution is -2.48. The lowest BCUT2D eigenvalue weighted by atomic mass is 9.80. The number of methoxy groups -OCH3 is 2. The standard InChI is InChI=1S/C52H59N8O10PS2/c1-35(2)60(36(3)4)71(67-29-13-26-53)70-45-43(32-66-52(38-16-11-8-12-17-38,39-18-22-41(64-5)23-19-39)40-20-24-42(65-6)25-21-40)68-50(46(45)69-51(72)58-27-30-73(62,63)31-28-58)59-34-56-44-47(54-33-55-48(44)59)57-49(61)37-14-9-7-10-15-37/h7-12,14-25,33-36,43,45-46,50H,13,27-32H2,1-6H3,(H,54,55,57,61)/t43-,45-,46-,50-,71?/m1/s1. The molecule has 0 bridgehead atoms. The third kappa shape index (κ3) is 12.0. The van der Waals surface area contributed by atoms with Crippen molar-refractivity contribution in [3.05, 3.63) is 144 Å². The van der Waals surface area contributed by atoms with Gasteiger partial charge in [-0.2, -0.15) is 5.26 Å². The predicted molar refractivity (Wildman–Crippen MR) is 280 cm³/mol. The maximum atomic E-state index is 13.5. The van der Waals surface area contributed by atoms with Crippen LogP contribution in [0.2, 0.25) is 0 Å². The molecule has 0 saturated carbocycles. The molecule has 73 heavy (non-hydrogen) atoms. The normalized spacial score (nSPS) is 19.2. The van der Waals surface area contributed by atoms with Crippen LogP contribution in [0, 0.1) is 11.3 Å². The molecule has 1 N–H and O–H groups in total. The van der Waals surface area contributed by atoms with Crippen LogP contribution in [0.25, 0.3) is 11.2 Å². The third-order valence-corrected chi connectivity index (χ3v) is 16.6. The Kier molecular flexibility index (Phi) is 17.3. The molecule has 2 fully saturated rings. The Morgan fingerprint density at radius 2 is 1.45 bits per heavy atom. The van der Waals surface area contributed by atoms with E-state index in [2.05, 4.69) is 26.0 Å². The monoisotopic (exact) mass is 1050 g/mol. The number of nitriles is 1. The van der Waals surface area contributed by atoms with Gasteiger partial charge in [0.15, 0.2) is 39.2 Å². The Morgan fingerprint density at radius 3 is 2.03 bits per heavy atom. The van der Waals surface area contributed by atoms with Crippen molar-refractivity contribution in [2.45, 2.75) is 76.3 Å². The molecule has 1 amide bonds. The number of sulfone groups is 1. The molecule has 2 saturated heterocycles. The summed E-state index contributed by atoms with van der Waals surface area (Å²) < 4.78 is 75.7. The predicted octanol–water partition coefficient (Wildman–Crippen LogP) is 8.06. The van der Waals surface area contributed by atoms with Crippen molar-refractivity contribution < 1.29 is 45.9 Å². The second-order valence-corrected chi connectivity index (χ2v) is 21.9. The number of ether oxygens (including phenoxy) is 5. The molecule has 2 aliphatic rings. The molecule has 384 valence electrons. The van der Waals surface area contributed by atoms with Gasteiger partial charge >= 0.3 is 0 Å². The summed E-state index contributed by atoms with van der Waals surface area (Å²) in [6.45, 7) is 8.34. The summed E-state index contributed by atoms with van der Waals surface area (Å²) in [5, 5.41) is 12.6. The van der Waals surface area contributed by atoms with E-state index in [0.29, 0.717) is 22.7 Å². The molecule has 18 nitrogen and oxygen atoms in total. The zero-order valence-corrected chi connectivity index (χ0v) is 44.0. The molecule has 21 heteroatoms. The first-order valence-electron chi connectivity index (χ1n) is 23.9. The first-order chi connectivity index (χ1) is 35.3. The summed E-state index contributed by atoms with van der Waals surface area (Å²) in [7, 11) is -2.02. The molecule has 4 heterocycles. The molecule has 0 aliphatic carbocycles. The van der Waals surface area contributed by atoms with Crippen LogP contribution >= 0.6 is 20.7 Å². The Bertz CT molecular complexity index is 2900. The summed E-state index contributed by atoms with van der Waals surface area (Å²) in [5.74, 6) is 0.867. The number of hydrogen-bond acceptors (Lipinski definition) is 16. The van der Waals surface area contributed by atoms with Gasteiger partial charge in [0.2, 0.25) is 0 Å². The lowest BCUT2D eigenvalue weighted by Gasteiger charge is -2.39. The van der Waals surface area contributed by atoms with Crippen LogP contribution in [-0.2, 0) is 38.7 Å². The Balaban J connectivity index is 1.28. The number of benzene rings is 4. The van der Waals surface area contributed by atoms with Crippen molar-refractivity contribution in [3.8, 4) is 17.6 Å². The fourth-order valence-electron chi connectivity index (χ4n) is 8.98. The van der Waals surface area contributed by atoms with Gasteiger partial charge in [-0.3, -0.25) is 9.36 Å².